The Morgan fingerprint density at radius 1 is 1.15 bits per heavy atom. The van der Waals surface area contributed by atoms with Crippen molar-refractivity contribution >= 4 is 11.6 Å². The molecule has 3 aromatic heterocycles. The molecule has 1 aromatic carbocycles. The van der Waals surface area contributed by atoms with Crippen molar-refractivity contribution in [3.05, 3.63) is 54.0 Å². The molecule has 10 nitrogen and oxygen atoms in total. The van der Waals surface area contributed by atoms with Gasteiger partial charge in [-0.05, 0) is 13.8 Å². The summed E-state index contributed by atoms with van der Waals surface area (Å²) in [5.41, 5.74) is 2.88. The molecule has 0 aliphatic carbocycles. The van der Waals surface area contributed by atoms with E-state index in [1.807, 2.05) is 37.3 Å². The molecule has 0 fully saturated rings. The zero-order valence-electron chi connectivity index (χ0n) is 14.1. The smallest absolute Gasteiger partial charge is 0.295 e. The lowest BCUT2D eigenvalue weighted by molar-refractivity contribution is 0.101. The van der Waals surface area contributed by atoms with E-state index in [2.05, 4.69) is 40.8 Å². The minimum Gasteiger partial charge on any atom is -0.316 e. The molecule has 0 aliphatic heterocycles. The van der Waals surface area contributed by atoms with E-state index in [1.54, 1.807) is 6.92 Å². The van der Waals surface area contributed by atoms with E-state index in [9.17, 15) is 4.79 Å². The molecule has 10 heteroatoms. The summed E-state index contributed by atoms with van der Waals surface area (Å²) in [6.45, 7) is 3.56. The fourth-order valence-corrected chi connectivity index (χ4v) is 2.54. The van der Waals surface area contributed by atoms with Crippen LogP contribution < -0.4 is 5.32 Å². The first-order valence-electron chi connectivity index (χ1n) is 7.84. The number of anilines is 1. The average molecular weight is 349 g/mol. The number of H-pyrrole nitrogens is 2. The van der Waals surface area contributed by atoms with Crippen LogP contribution in [0.1, 0.15) is 22.1 Å². The van der Waals surface area contributed by atoms with Crippen LogP contribution in [-0.4, -0.2) is 46.1 Å². The zero-order chi connectivity index (χ0) is 18.1. The summed E-state index contributed by atoms with van der Waals surface area (Å²) in [6, 6.07) is 9.59. The van der Waals surface area contributed by atoms with E-state index in [4.69, 9.17) is 0 Å². The van der Waals surface area contributed by atoms with E-state index in [1.165, 1.54) is 11.0 Å². The van der Waals surface area contributed by atoms with Crippen LogP contribution in [0.2, 0.25) is 0 Å². The molecule has 3 N–H and O–H groups in total. The molecule has 0 bridgehead atoms. The van der Waals surface area contributed by atoms with Gasteiger partial charge < -0.3 is 5.32 Å². The molecular weight excluding hydrogens is 334 g/mol. The van der Waals surface area contributed by atoms with Gasteiger partial charge in [0, 0.05) is 5.56 Å². The highest BCUT2D eigenvalue weighted by Crippen LogP contribution is 2.28. The Kier molecular flexibility index (Phi) is 3.77. The van der Waals surface area contributed by atoms with Crippen LogP contribution in [0.15, 0.2) is 36.7 Å². The Labute approximate surface area is 147 Å². The summed E-state index contributed by atoms with van der Waals surface area (Å²) >= 11 is 0. The van der Waals surface area contributed by atoms with Gasteiger partial charge in [0.15, 0.2) is 0 Å². The van der Waals surface area contributed by atoms with E-state index in [0.717, 1.165) is 11.3 Å². The number of aryl methyl sites for hydroxylation is 2. The number of hydrogen-bond donors (Lipinski definition) is 3. The summed E-state index contributed by atoms with van der Waals surface area (Å²) in [5, 5.41) is 20.7. The molecule has 26 heavy (non-hydrogen) atoms. The second-order valence-electron chi connectivity index (χ2n) is 5.60. The van der Waals surface area contributed by atoms with Crippen LogP contribution in [0.25, 0.3) is 17.2 Å². The number of benzene rings is 1. The minimum atomic E-state index is -0.437. The molecule has 4 rings (SSSR count). The Morgan fingerprint density at radius 3 is 2.69 bits per heavy atom. The van der Waals surface area contributed by atoms with E-state index in [0.29, 0.717) is 23.2 Å². The molecule has 3 heterocycles. The van der Waals surface area contributed by atoms with Gasteiger partial charge in [-0.25, -0.2) is 10.1 Å². The number of aromatic amines is 2. The molecule has 0 saturated carbocycles. The van der Waals surface area contributed by atoms with Gasteiger partial charge in [0.05, 0.1) is 11.4 Å². The molecule has 1 amide bonds. The fourth-order valence-electron chi connectivity index (χ4n) is 2.54. The molecule has 0 radical (unpaired) electrons. The average Bonchev–Trinajstić information content (AvgIpc) is 3.37. The summed E-state index contributed by atoms with van der Waals surface area (Å²) in [5.74, 6) is 0.490. The predicted molar refractivity (Wildman–Crippen MR) is 92.8 cm³/mol. The molecule has 130 valence electrons. The van der Waals surface area contributed by atoms with Crippen molar-refractivity contribution in [2.75, 3.05) is 5.32 Å². The monoisotopic (exact) mass is 349 g/mol. The lowest BCUT2D eigenvalue weighted by Gasteiger charge is -2.05. The second-order valence-corrected chi connectivity index (χ2v) is 5.60. The van der Waals surface area contributed by atoms with Crippen molar-refractivity contribution in [3.8, 4) is 17.2 Å². The first-order chi connectivity index (χ1) is 12.6. The topological polar surface area (TPSA) is 130 Å². The van der Waals surface area contributed by atoms with Crippen molar-refractivity contribution < 1.29 is 4.79 Å². The van der Waals surface area contributed by atoms with Crippen LogP contribution in [0.3, 0.4) is 0 Å². The summed E-state index contributed by atoms with van der Waals surface area (Å²) in [7, 11) is 0. The molecule has 0 spiro atoms. The number of aromatic nitrogens is 8. The quantitative estimate of drug-likeness (QED) is 0.513. The van der Waals surface area contributed by atoms with Gasteiger partial charge in [0.2, 0.25) is 11.8 Å². The maximum Gasteiger partial charge on any atom is 0.295 e. The Hall–Kier alpha value is -3.82. The van der Waals surface area contributed by atoms with E-state index < -0.39 is 5.91 Å². The number of amides is 1. The second kappa shape index (κ2) is 6.24. The first-order valence-corrected chi connectivity index (χ1v) is 7.84. The van der Waals surface area contributed by atoms with E-state index >= 15 is 0 Å². The highest BCUT2D eigenvalue weighted by Gasteiger charge is 2.20. The number of carbonyl (C=O) groups excluding carboxylic acids is 1. The summed E-state index contributed by atoms with van der Waals surface area (Å²) in [6.07, 6.45) is 1.36. The molecule has 0 aliphatic rings. The minimum absolute atomic E-state index is 0.0264. The van der Waals surface area contributed by atoms with Gasteiger partial charge in [0.1, 0.15) is 17.8 Å². The van der Waals surface area contributed by atoms with Gasteiger partial charge in [-0.15, -0.1) is 5.10 Å². The highest BCUT2D eigenvalue weighted by atomic mass is 16.2. The normalized spacial score (nSPS) is 10.8. The van der Waals surface area contributed by atoms with Crippen LogP contribution in [0.5, 0.6) is 0 Å². The van der Waals surface area contributed by atoms with Crippen LogP contribution in [0.4, 0.5) is 5.69 Å². The van der Waals surface area contributed by atoms with Crippen molar-refractivity contribution in [2.24, 2.45) is 0 Å². The van der Waals surface area contributed by atoms with Gasteiger partial charge in [-0.3, -0.25) is 9.89 Å². The summed E-state index contributed by atoms with van der Waals surface area (Å²) < 4.78 is 1.42. The van der Waals surface area contributed by atoms with Gasteiger partial charge in [-0.1, -0.05) is 30.3 Å². The number of nitrogens with zero attached hydrogens (tertiary/aromatic N) is 6. The third kappa shape index (κ3) is 2.73. The first kappa shape index (κ1) is 15.7. The standard InChI is InChI=1S/C16H15N9O/c1-9-12(13(22-21-9)11-6-4-3-5-7-11)20-15(26)14-19-10(2)25(24-14)16-17-8-18-23-16/h3-8H,1-2H3,(H,20,26)(H,21,22)(H,17,18,23). The SMILES string of the molecule is Cc1[nH]nc(-c2ccccc2)c1NC(=O)c1nc(C)n(-c2ncn[nH]2)n1. The third-order valence-corrected chi connectivity index (χ3v) is 3.81. The van der Waals surface area contributed by atoms with Crippen molar-refractivity contribution in [1.29, 1.82) is 0 Å². The van der Waals surface area contributed by atoms with Crippen molar-refractivity contribution in [1.82, 2.24) is 40.1 Å². The lowest BCUT2D eigenvalue weighted by Crippen LogP contribution is -2.15. The van der Waals surface area contributed by atoms with Crippen molar-refractivity contribution in [3.63, 3.8) is 0 Å². The highest BCUT2D eigenvalue weighted by molar-refractivity contribution is 6.04. The maximum absolute atomic E-state index is 12.6. The number of rotatable bonds is 4. The lowest BCUT2D eigenvalue weighted by atomic mass is 10.1. The van der Waals surface area contributed by atoms with Crippen LogP contribution >= 0.6 is 0 Å². The van der Waals surface area contributed by atoms with E-state index in [-0.39, 0.29) is 5.82 Å². The number of carbonyl (C=O) groups is 1. The molecule has 0 atom stereocenters. The van der Waals surface area contributed by atoms with Crippen LogP contribution in [-0.2, 0) is 0 Å². The zero-order valence-corrected chi connectivity index (χ0v) is 14.1. The Bertz CT molecular complexity index is 1050. The fraction of sp³-hybridized carbons (Fsp3) is 0.125. The Morgan fingerprint density at radius 2 is 1.96 bits per heavy atom. The van der Waals surface area contributed by atoms with Gasteiger partial charge in [0.25, 0.3) is 5.91 Å². The molecule has 4 aromatic rings. The number of hydrogen-bond acceptors (Lipinski definition) is 6. The van der Waals surface area contributed by atoms with Gasteiger partial charge in [-0.2, -0.15) is 19.9 Å². The molecule has 0 unspecified atom stereocenters. The van der Waals surface area contributed by atoms with Crippen LogP contribution in [0, 0.1) is 13.8 Å². The number of nitrogens with one attached hydrogen (secondary N) is 3. The molecular formula is C16H15N9O. The predicted octanol–water partition coefficient (Wildman–Crippen LogP) is 1.64. The maximum atomic E-state index is 12.6. The molecule has 0 saturated heterocycles. The van der Waals surface area contributed by atoms with Gasteiger partial charge >= 0.3 is 0 Å². The van der Waals surface area contributed by atoms with Crippen molar-refractivity contribution in [2.45, 2.75) is 13.8 Å². The Balaban J connectivity index is 1.64. The largest absolute Gasteiger partial charge is 0.316 e. The summed E-state index contributed by atoms with van der Waals surface area (Å²) in [4.78, 5) is 20.9. The third-order valence-electron chi connectivity index (χ3n) is 3.81.